The fourth-order valence-corrected chi connectivity index (χ4v) is 4.11. The molecule has 2 saturated heterocycles. The van der Waals surface area contributed by atoms with E-state index in [1.165, 1.54) is 11.1 Å². The molecule has 1 atom stereocenters. The molecule has 2 fully saturated rings. The Hall–Kier alpha value is -2.17. The molecule has 1 amide bonds. The van der Waals surface area contributed by atoms with E-state index in [-0.39, 0.29) is 35.9 Å². The normalized spacial score (nSPS) is 19.3. The van der Waals surface area contributed by atoms with E-state index in [2.05, 4.69) is 39.8 Å². The topological polar surface area (TPSA) is 69.2 Å². The summed E-state index contributed by atoms with van der Waals surface area (Å²) in [5, 5.41) is 6.75. The molecule has 2 aliphatic rings. The number of para-hydroxylation sites is 1. The molecule has 7 nitrogen and oxygen atoms in total. The van der Waals surface area contributed by atoms with Crippen molar-refractivity contribution in [2.75, 3.05) is 44.3 Å². The van der Waals surface area contributed by atoms with E-state index in [1.807, 2.05) is 42.2 Å². The summed E-state index contributed by atoms with van der Waals surface area (Å²) in [5.41, 5.74) is 3.43. The molecule has 4 rings (SSSR count). The van der Waals surface area contributed by atoms with Crippen LogP contribution in [0.2, 0.25) is 0 Å². The maximum Gasteiger partial charge on any atom is 0.229 e. The molecule has 1 unspecified atom stereocenters. The summed E-state index contributed by atoms with van der Waals surface area (Å²) in [6.07, 6.45) is 0.468. The number of morpholine rings is 1. The molecule has 2 N–H and O–H groups in total. The average Bonchev–Trinajstić information content (AvgIpc) is 3.20. The molecule has 0 bridgehead atoms. The van der Waals surface area contributed by atoms with Crippen molar-refractivity contribution in [3.8, 4) is 0 Å². The smallest absolute Gasteiger partial charge is 0.229 e. The van der Waals surface area contributed by atoms with Gasteiger partial charge in [-0.3, -0.25) is 9.69 Å². The molecule has 0 radical (unpaired) electrons. The van der Waals surface area contributed by atoms with Crippen LogP contribution in [0.4, 0.5) is 5.69 Å². The van der Waals surface area contributed by atoms with Gasteiger partial charge < -0.3 is 20.3 Å². The summed E-state index contributed by atoms with van der Waals surface area (Å²) in [6.45, 7) is 8.65. The molecule has 2 aromatic rings. The fourth-order valence-electron chi connectivity index (χ4n) is 4.11. The summed E-state index contributed by atoms with van der Waals surface area (Å²) >= 11 is 0. The number of carbonyl (C=O) groups excluding carboxylic acids is 1. The SMILES string of the molecule is CCNC(=NCc1ccc(CN2CCOCC2)cc1)NC1CC(=O)N(c2ccccc2)C1.I. The number of hydrogen-bond donors (Lipinski definition) is 2. The lowest BCUT2D eigenvalue weighted by atomic mass is 10.1. The Labute approximate surface area is 213 Å². The maximum absolute atomic E-state index is 12.5. The third kappa shape index (κ3) is 7.41. The van der Waals surface area contributed by atoms with Crippen molar-refractivity contribution < 1.29 is 9.53 Å². The van der Waals surface area contributed by atoms with Gasteiger partial charge in [0.25, 0.3) is 0 Å². The second-order valence-electron chi connectivity index (χ2n) is 8.29. The van der Waals surface area contributed by atoms with Gasteiger partial charge in [-0.25, -0.2) is 4.99 Å². The number of benzene rings is 2. The Morgan fingerprint density at radius 3 is 2.45 bits per heavy atom. The Kier molecular flexibility index (Phi) is 9.95. The van der Waals surface area contributed by atoms with E-state index in [0.717, 1.165) is 51.0 Å². The van der Waals surface area contributed by atoms with Crippen LogP contribution in [0.1, 0.15) is 24.5 Å². The molecule has 2 heterocycles. The molecule has 0 spiro atoms. The molecule has 0 saturated carbocycles. The first-order valence-corrected chi connectivity index (χ1v) is 11.5. The highest BCUT2D eigenvalue weighted by atomic mass is 127. The predicted molar refractivity (Wildman–Crippen MR) is 143 cm³/mol. The van der Waals surface area contributed by atoms with Crippen LogP contribution in [0, 0.1) is 0 Å². The summed E-state index contributed by atoms with van der Waals surface area (Å²) in [7, 11) is 0. The van der Waals surface area contributed by atoms with E-state index in [4.69, 9.17) is 9.73 Å². The number of amides is 1. The number of hydrogen-bond acceptors (Lipinski definition) is 4. The largest absolute Gasteiger partial charge is 0.379 e. The van der Waals surface area contributed by atoms with Crippen molar-refractivity contribution >= 4 is 41.5 Å². The summed E-state index contributed by atoms with van der Waals surface area (Å²) in [6, 6.07) is 18.6. The lowest BCUT2D eigenvalue weighted by molar-refractivity contribution is -0.117. The van der Waals surface area contributed by atoms with E-state index in [9.17, 15) is 4.79 Å². The van der Waals surface area contributed by atoms with Crippen LogP contribution in [-0.2, 0) is 22.6 Å². The second kappa shape index (κ2) is 12.9. The van der Waals surface area contributed by atoms with Crippen molar-refractivity contribution in [2.24, 2.45) is 4.99 Å². The first-order valence-electron chi connectivity index (χ1n) is 11.5. The van der Waals surface area contributed by atoms with Crippen LogP contribution < -0.4 is 15.5 Å². The molecular formula is C25H34IN5O2. The first kappa shape index (κ1) is 25.5. The quantitative estimate of drug-likeness (QED) is 0.308. The van der Waals surface area contributed by atoms with E-state index >= 15 is 0 Å². The van der Waals surface area contributed by atoms with Crippen molar-refractivity contribution in [1.29, 1.82) is 0 Å². The lowest BCUT2D eigenvalue weighted by Crippen LogP contribution is -2.44. The van der Waals surface area contributed by atoms with Gasteiger partial charge in [-0.1, -0.05) is 42.5 Å². The number of halogens is 1. The van der Waals surface area contributed by atoms with Gasteiger partial charge in [0.15, 0.2) is 5.96 Å². The number of carbonyl (C=O) groups is 1. The number of ether oxygens (including phenoxy) is 1. The third-order valence-corrected chi connectivity index (χ3v) is 5.83. The van der Waals surface area contributed by atoms with Crippen molar-refractivity contribution in [3.63, 3.8) is 0 Å². The van der Waals surface area contributed by atoms with Crippen molar-refractivity contribution in [3.05, 3.63) is 65.7 Å². The first-order chi connectivity index (χ1) is 15.7. The van der Waals surface area contributed by atoms with Crippen LogP contribution in [0.25, 0.3) is 0 Å². The minimum Gasteiger partial charge on any atom is -0.379 e. The summed E-state index contributed by atoms with van der Waals surface area (Å²) in [4.78, 5) is 21.5. The van der Waals surface area contributed by atoms with Crippen LogP contribution in [0.15, 0.2) is 59.6 Å². The number of nitrogens with zero attached hydrogens (tertiary/aromatic N) is 3. The van der Waals surface area contributed by atoms with Crippen LogP contribution >= 0.6 is 24.0 Å². The van der Waals surface area contributed by atoms with Gasteiger partial charge in [0.05, 0.1) is 25.8 Å². The highest BCUT2D eigenvalue weighted by Crippen LogP contribution is 2.21. The van der Waals surface area contributed by atoms with Gasteiger partial charge in [0.1, 0.15) is 0 Å². The fraction of sp³-hybridized carbons (Fsp3) is 0.440. The lowest BCUT2D eigenvalue weighted by Gasteiger charge is -2.26. The molecule has 0 aliphatic carbocycles. The molecular weight excluding hydrogens is 529 g/mol. The van der Waals surface area contributed by atoms with Crippen LogP contribution in [0.5, 0.6) is 0 Å². The number of guanidine groups is 1. The Morgan fingerprint density at radius 1 is 1.06 bits per heavy atom. The second-order valence-corrected chi connectivity index (χ2v) is 8.29. The number of nitrogens with one attached hydrogen (secondary N) is 2. The van der Waals surface area contributed by atoms with Gasteiger partial charge in [-0.2, -0.15) is 0 Å². The third-order valence-electron chi connectivity index (χ3n) is 5.83. The zero-order valence-corrected chi connectivity index (χ0v) is 21.5. The van der Waals surface area contributed by atoms with E-state index in [0.29, 0.717) is 19.5 Å². The molecule has 2 aliphatic heterocycles. The standard InChI is InChI=1S/C25H33N5O2.HI/c1-2-26-25(28-22-16-24(31)30(19-22)23-6-4-3-5-7-23)27-17-20-8-10-21(11-9-20)18-29-12-14-32-15-13-29;/h3-11,22H,2,12-19H2,1H3,(H2,26,27,28);1H. The predicted octanol–water partition coefficient (Wildman–Crippen LogP) is 3.00. The Balaban J connectivity index is 0.00000306. The monoisotopic (exact) mass is 563 g/mol. The zero-order valence-electron chi connectivity index (χ0n) is 19.2. The Morgan fingerprint density at radius 2 is 1.76 bits per heavy atom. The molecule has 8 heteroatoms. The summed E-state index contributed by atoms with van der Waals surface area (Å²) in [5.74, 6) is 0.887. The molecule has 33 heavy (non-hydrogen) atoms. The number of aliphatic imine (C=N–C) groups is 1. The van der Waals surface area contributed by atoms with Gasteiger partial charge in [-0.05, 0) is 30.2 Å². The van der Waals surface area contributed by atoms with Crippen LogP contribution in [-0.4, -0.2) is 62.2 Å². The zero-order chi connectivity index (χ0) is 22.2. The van der Waals surface area contributed by atoms with Gasteiger partial charge in [0.2, 0.25) is 5.91 Å². The minimum atomic E-state index is 0. The van der Waals surface area contributed by atoms with Crippen molar-refractivity contribution in [1.82, 2.24) is 15.5 Å². The van der Waals surface area contributed by atoms with E-state index in [1.54, 1.807) is 0 Å². The maximum atomic E-state index is 12.5. The number of rotatable bonds is 7. The summed E-state index contributed by atoms with van der Waals surface area (Å²) < 4.78 is 5.42. The van der Waals surface area contributed by atoms with Gasteiger partial charge in [-0.15, -0.1) is 24.0 Å². The highest BCUT2D eigenvalue weighted by molar-refractivity contribution is 14.0. The molecule has 178 valence electrons. The molecule has 2 aromatic carbocycles. The highest BCUT2D eigenvalue weighted by Gasteiger charge is 2.31. The Bertz CT molecular complexity index is 901. The minimum absolute atomic E-state index is 0. The average molecular weight is 563 g/mol. The van der Waals surface area contributed by atoms with Gasteiger partial charge >= 0.3 is 0 Å². The molecule has 0 aromatic heterocycles. The van der Waals surface area contributed by atoms with Crippen molar-refractivity contribution in [2.45, 2.75) is 32.5 Å². The van der Waals surface area contributed by atoms with E-state index < -0.39 is 0 Å². The van der Waals surface area contributed by atoms with Gasteiger partial charge in [0, 0.05) is 44.8 Å². The number of anilines is 1. The van der Waals surface area contributed by atoms with Crippen LogP contribution in [0.3, 0.4) is 0 Å².